The minimum Gasteiger partial charge on any atom is -0.398 e. The van der Waals surface area contributed by atoms with Crippen molar-refractivity contribution >= 4 is 28.5 Å². The maximum Gasteiger partial charge on any atom is 0.297 e. The molecule has 1 aromatic carbocycles. The van der Waals surface area contributed by atoms with Gasteiger partial charge in [0.05, 0.1) is 10.5 Å². The molecular weight excluding hydrogens is 204 g/mol. The molecule has 5 heteroatoms. The number of nitro groups is 1. The van der Waals surface area contributed by atoms with E-state index in [-0.39, 0.29) is 10.7 Å². The molecule has 1 rings (SSSR count). The highest BCUT2D eigenvalue weighted by Crippen LogP contribution is 2.36. The van der Waals surface area contributed by atoms with E-state index in [4.69, 9.17) is 17.3 Å². The van der Waals surface area contributed by atoms with E-state index >= 15 is 0 Å². The number of hydrogen-bond acceptors (Lipinski definition) is 3. The first-order valence-electron chi connectivity index (χ1n) is 3.83. The Labute approximate surface area is 86.1 Å². The highest BCUT2D eigenvalue weighted by molar-refractivity contribution is 6.33. The molecule has 2 N–H and O–H groups in total. The zero-order chi connectivity index (χ0) is 10.9. The second kappa shape index (κ2) is 3.67. The average molecular weight is 213 g/mol. The Kier molecular flexibility index (Phi) is 2.76. The lowest BCUT2D eigenvalue weighted by Crippen LogP contribution is -1.99. The smallest absolute Gasteiger partial charge is 0.297 e. The van der Waals surface area contributed by atoms with E-state index in [1.807, 2.05) is 0 Å². The quantitative estimate of drug-likeness (QED) is 0.466. The SMILES string of the molecule is C=C(C)c1c(N)ccc(Cl)c1[N+](=O)[O-]. The van der Waals surface area contributed by atoms with Gasteiger partial charge in [0.1, 0.15) is 5.02 Å². The number of nitro benzene ring substituents is 1. The molecule has 0 amide bonds. The van der Waals surface area contributed by atoms with Crippen molar-refractivity contribution in [3.8, 4) is 0 Å². The first-order chi connectivity index (χ1) is 6.45. The molecule has 0 saturated heterocycles. The minimum atomic E-state index is -0.553. The molecule has 14 heavy (non-hydrogen) atoms. The number of benzene rings is 1. The van der Waals surface area contributed by atoms with Crippen molar-refractivity contribution in [2.45, 2.75) is 6.92 Å². The molecule has 0 bridgehead atoms. The molecule has 4 nitrogen and oxygen atoms in total. The number of hydrogen-bond donors (Lipinski definition) is 1. The topological polar surface area (TPSA) is 69.2 Å². The van der Waals surface area contributed by atoms with Crippen LogP contribution in [0.5, 0.6) is 0 Å². The van der Waals surface area contributed by atoms with Gasteiger partial charge in [-0.05, 0) is 24.6 Å². The number of anilines is 1. The lowest BCUT2D eigenvalue weighted by molar-refractivity contribution is -0.384. The van der Waals surface area contributed by atoms with Gasteiger partial charge in [-0.25, -0.2) is 0 Å². The summed E-state index contributed by atoms with van der Waals surface area (Å²) in [5.74, 6) is 0. The van der Waals surface area contributed by atoms with Gasteiger partial charge in [0.2, 0.25) is 0 Å². The third kappa shape index (κ3) is 1.70. The van der Waals surface area contributed by atoms with Crippen LogP contribution in [0.4, 0.5) is 11.4 Å². The van der Waals surface area contributed by atoms with Gasteiger partial charge in [0.25, 0.3) is 5.69 Å². The number of nitrogen functional groups attached to an aromatic ring is 1. The van der Waals surface area contributed by atoms with Gasteiger partial charge in [-0.3, -0.25) is 10.1 Å². The summed E-state index contributed by atoms with van der Waals surface area (Å²) in [5.41, 5.74) is 6.57. The summed E-state index contributed by atoms with van der Waals surface area (Å²) < 4.78 is 0. The number of halogens is 1. The van der Waals surface area contributed by atoms with Crippen LogP contribution in [-0.2, 0) is 0 Å². The molecule has 0 radical (unpaired) electrons. The van der Waals surface area contributed by atoms with Crippen LogP contribution in [0.1, 0.15) is 12.5 Å². The minimum absolute atomic E-state index is 0.0715. The Morgan fingerprint density at radius 1 is 1.64 bits per heavy atom. The van der Waals surface area contributed by atoms with E-state index < -0.39 is 4.92 Å². The van der Waals surface area contributed by atoms with Gasteiger partial charge in [0, 0.05) is 5.69 Å². The van der Waals surface area contributed by atoms with Gasteiger partial charge in [0.15, 0.2) is 0 Å². The molecule has 0 spiro atoms. The number of allylic oxidation sites excluding steroid dienone is 1. The van der Waals surface area contributed by atoms with Crippen molar-refractivity contribution < 1.29 is 4.92 Å². The summed E-state index contributed by atoms with van der Waals surface area (Å²) in [6.07, 6.45) is 0. The van der Waals surface area contributed by atoms with E-state index in [2.05, 4.69) is 6.58 Å². The van der Waals surface area contributed by atoms with Crippen LogP contribution < -0.4 is 5.73 Å². The molecule has 0 aliphatic rings. The monoisotopic (exact) mass is 212 g/mol. The Morgan fingerprint density at radius 3 is 2.57 bits per heavy atom. The van der Waals surface area contributed by atoms with Crippen molar-refractivity contribution in [1.29, 1.82) is 0 Å². The fourth-order valence-corrected chi connectivity index (χ4v) is 1.43. The predicted octanol–water partition coefficient (Wildman–Crippen LogP) is 2.86. The number of nitrogens with two attached hydrogens (primary N) is 1. The van der Waals surface area contributed by atoms with E-state index in [1.165, 1.54) is 12.1 Å². The normalized spacial score (nSPS) is 9.86. The van der Waals surface area contributed by atoms with Gasteiger partial charge >= 0.3 is 0 Å². The summed E-state index contributed by atoms with van der Waals surface area (Å²) in [6.45, 7) is 5.28. The molecule has 1 aromatic rings. The van der Waals surface area contributed by atoms with Crippen molar-refractivity contribution in [1.82, 2.24) is 0 Å². The number of nitrogens with zero attached hydrogens (tertiary/aromatic N) is 1. The standard InChI is InChI=1S/C9H9ClN2O2/c1-5(2)8-7(11)4-3-6(10)9(8)12(13)14/h3-4H,1,11H2,2H3. The second-order valence-electron chi connectivity index (χ2n) is 2.90. The van der Waals surface area contributed by atoms with Crippen molar-refractivity contribution in [3.63, 3.8) is 0 Å². The summed E-state index contributed by atoms with van der Waals surface area (Å²) in [7, 11) is 0. The average Bonchev–Trinajstić information content (AvgIpc) is 2.07. The zero-order valence-electron chi connectivity index (χ0n) is 7.58. The Balaban J connectivity index is 3.58. The third-order valence-corrected chi connectivity index (χ3v) is 2.08. The summed E-state index contributed by atoms with van der Waals surface area (Å²) in [5, 5.41) is 10.8. The first-order valence-corrected chi connectivity index (χ1v) is 4.21. The third-order valence-electron chi connectivity index (χ3n) is 1.77. The van der Waals surface area contributed by atoms with Crippen LogP contribution >= 0.6 is 11.6 Å². The number of rotatable bonds is 2. The lowest BCUT2D eigenvalue weighted by Gasteiger charge is -2.06. The van der Waals surface area contributed by atoms with Gasteiger partial charge in [-0.2, -0.15) is 0 Å². The molecule has 0 aromatic heterocycles. The molecule has 74 valence electrons. The van der Waals surface area contributed by atoms with E-state index in [0.717, 1.165) is 0 Å². The van der Waals surface area contributed by atoms with Crippen LogP contribution in [0.15, 0.2) is 18.7 Å². The highest BCUT2D eigenvalue weighted by atomic mass is 35.5. The van der Waals surface area contributed by atoms with Gasteiger partial charge in [-0.1, -0.05) is 18.2 Å². The van der Waals surface area contributed by atoms with Crippen LogP contribution in [0.2, 0.25) is 5.02 Å². The van der Waals surface area contributed by atoms with E-state index in [9.17, 15) is 10.1 Å². The van der Waals surface area contributed by atoms with E-state index in [0.29, 0.717) is 16.8 Å². The molecule has 0 saturated carbocycles. The lowest BCUT2D eigenvalue weighted by atomic mass is 10.0. The summed E-state index contributed by atoms with van der Waals surface area (Å²) in [4.78, 5) is 10.2. The highest BCUT2D eigenvalue weighted by Gasteiger charge is 2.21. The fraction of sp³-hybridized carbons (Fsp3) is 0.111. The first kappa shape index (κ1) is 10.5. The Morgan fingerprint density at radius 2 is 2.21 bits per heavy atom. The molecule has 0 heterocycles. The van der Waals surface area contributed by atoms with E-state index in [1.54, 1.807) is 6.92 Å². The second-order valence-corrected chi connectivity index (χ2v) is 3.30. The van der Waals surface area contributed by atoms with Crippen LogP contribution in [-0.4, -0.2) is 4.92 Å². The Bertz CT molecular complexity index is 377. The molecule has 0 unspecified atom stereocenters. The van der Waals surface area contributed by atoms with Gasteiger partial charge in [-0.15, -0.1) is 0 Å². The van der Waals surface area contributed by atoms with Crippen molar-refractivity contribution in [2.24, 2.45) is 0 Å². The van der Waals surface area contributed by atoms with Crippen LogP contribution in [0.3, 0.4) is 0 Å². The van der Waals surface area contributed by atoms with Gasteiger partial charge < -0.3 is 5.73 Å². The predicted molar refractivity (Wildman–Crippen MR) is 57.2 cm³/mol. The maximum atomic E-state index is 10.7. The van der Waals surface area contributed by atoms with Crippen molar-refractivity contribution in [3.05, 3.63) is 39.4 Å². The molecule has 0 aliphatic carbocycles. The largest absolute Gasteiger partial charge is 0.398 e. The molecule has 0 fully saturated rings. The fourth-order valence-electron chi connectivity index (χ4n) is 1.21. The molecule has 0 atom stereocenters. The maximum absolute atomic E-state index is 10.7. The van der Waals surface area contributed by atoms with Crippen LogP contribution in [0, 0.1) is 10.1 Å². The molecular formula is C9H9ClN2O2. The van der Waals surface area contributed by atoms with Crippen LogP contribution in [0.25, 0.3) is 5.57 Å². The summed E-state index contributed by atoms with van der Waals surface area (Å²) >= 11 is 5.70. The van der Waals surface area contributed by atoms with Crippen molar-refractivity contribution in [2.75, 3.05) is 5.73 Å². The zero-order valence-corrected chi connectivity index (χ0v) is 8.34. The summed E-state index contributed by atoms with van der Waals surface area (Å²) in [6, 6.07) is 2.93. The Hall–Kier alpha value is -1.55. The molecule has 0 aliphatic heterocycles.